The summed E-state index contributed by atoms with van der Waals surface area (Å²) in [5.74, 6) is 0.332. The van der Waals surface area contributed by atoms with Gasteiger partial charge in [-0.3, -0.25) is 0 Å². The third kappa shape index (κ3) is 4.00. The first-order valence-electron chi connectivity index (χ1n) is 7.82. The van der Waals surface area contributed by atoms with E-state index in [9.17, 15) is 10.1 Å². The molecular weight excluding hydrogens is 346 g/mol. The summed E-state index contributed by atoms with van der Waals surface area (Å²) >= 11 is 1.31. The number of allylic oxidation sites excluding steroid dienone is 1. The van der Waals surface area contributed by atoms with Crippen LogP contribution in [0.25, 0.3) is 11.6 Å². The molecule has 26 heavy (non-hydrogen) atoms. The first-order valence-corrected chi connectivity index (χ1v) is 8.70. The topological polar surface area (TPSA) is 59.3 Å². The predicted octanol–water partition coefficient (Wildman–Crippen LogP) is 5.04. The molecule has 2 aromatic carbocycles. The van der Waals surface area contributed by atoms with Crippen LogP contribution in [0.5, 0.6) is 11.5 Å². The zero-order chi connectivity index (χ0) is 18.4. The normalized spacial score (nSPS) is 10.8. The molecular formula is C21H15NO3S. The molecule has 3 aromatic rings. The molecule has 0 saturated carbocycles. The van der Waals surface area contributed by atoms with E-state index in [-0.39, 0.29) is 0 Å². The number of thiophene rings is 1. The molecule has 0 saturated heterocycles. The zero-order valence-electron chi connectivity index (χ0n) is 14.0. The Bertz CT molecular complexity index is 970. The highest BCUT2D eigenvalue weighted by atomic mass is 32.1. The van der Waals surface area contributed by atoms with Crippen molar-refractivity contribution in [3.8, 4) is 17.6 Å². The van der Waals surface area contributed by atoms with Gasteiger partial charge in [-0.2, -0.15) is 5.26 Å². The third-order valence-electron chi connectivity index (χ3n) is 3.63. The second-order valence-corrected chi connectivity index (χ2v) is 6.26. The molecule has 0 bridgehead atoms. The van der Waals surface area contributed by atoms with Crippen molar-refractivity contribution in [2.45, 2.75) is 0 Å². The Morgan fingerprint density at radius 2 is 1.88 bits per heavy atom. The van der Waals surface area contributed by atoms with E-state index in [1.54, 1.807) is 36.4 Å². The summed E-state index contributed by atoms with van der Waals surface area (Å²) in [4.78, 5) is 12.6. The van der Waals surface area contributed by atoms with Crippen LogP contribution in [-0.4, -0.2) is 13.1 Å². The van der Waals surface area contributed by atoms with Crippen molar-refractivity contribution in [2.75, 3.05) is 7.11 Å². The molecule has 0 radical (unpaired) electrons. The lowest BCUT2D eigenvalue weighted by Gasteiger charge is -2.09. The van der Waals surface area contributed by atoms with Crippen LogP contribution in [0.15, 0.2) is 66.0 Å². The first kappa shape index (κ1) is 17.5. The number of hydrogen-bond acceptors (Lipinski definition) is 5. The van der Waals surface area contributed by atoms with Crippen molar-refractivity contribution < 1.29 is 14.3 Å². The average Bonchev–Trinajstić information content (AvgIpc) is 3.22. The summed E-state index contributed by atoms with van der Waals surface area (Å²) in [6, 6.07) is 20.3. The fourth-order valence-electron chi connectivity index (χ4n) is 2.37. The van der Waals surface area contributed by atoms with Crippen molar-refractivity contribution in [1.29, 1.82) is 5.26 Å². The highest BCUT2D eigenvalue weighted by Gasteiger charge is 2.13. The molecule has 0 N–H and O–H groups in total. The van der Waals surface area contributed by atoms with Crippen LogP contribution in [0, 0.1) is 11.3 Å². The molecule has 0 aliphatic heterocycles. The number of benzene rings is 2. The van der Waals surface area contributed by atoms with Gasteiger partial charge in [-0.05, 0) is 40.8 Å². The fourth-order valence-corrected chi connectivity index (χ4v) is 2.97. The standard InChI is InChI=1S/C21H15NO3S/c1-24-19-13-15(12-17(14-22)16-6-3-2-4-7-16)9-10-18(19)25-21(23)20-8-5-11-26-20/h2-13H,1H3/b17-12+. The van der Waals surface area contributed by atoms with Gasteiger partial charge in [-0.15, -0.1) is 11.3 Å². The van der Waals surface area contributed by atoms with E-state index in [1.807, 2.05) is 35.7 Å². The molecule has 0 amide bonds. The number of esters is 1. The second-order valence-electron chi connectivity index (χ2n) is 5.31. The Labute approximate surface area is 155 Å². The summed E-state index contributed by atoms with van der Waals surface area (Å²) in [6.07, 6.45) is 1.77. The lowest BCUT2D eigenvalue weighted by Crippen LogP contribution is -2.07. The van der Waals surface area contributed by atoms with Crippen LogP contribution in [0.1, 0.15) is 20.8 Å². The lowest BCUT2D eigenvalue weighted by molar-refractivity contribution is 0.0735. The third-order valence-corrected chi connectivity index (χ3v) is 4.48. The van der Waals surface area contributed by atoms with Gasteiger partial charge in [0.15, 0.2) is 11.5 Å². The Hall–Kier alpha value is -3.36. The highest BCUT2D eigenvalue weighted by molar-refractivity contribution is 7.12. The number of nitriles is 1. The molecule has 0 fully saturated rings. The number of nitrogens with zero attached hydrogens (tertiary/aromatic N) is 1. The monoisotopic (exact) mass is 361 g/mol. The average molecular weight is 361 g/mol. The van der Waals surface area contributed by atoms with E-state index >= 15 is 0 Å². The first-order chi connectivity index (χ1) is 12.7. The summed E-state index contributed by atoms with van der Waals surface area (Å²) < 4.78 is 10.8. The van der Waals surface area contributed by atoms with Crippen LogP contribution in [-0.2, 0) is 0 Å². The minimum atomic E-state index is -0.427. The van der Waals surface area contributed by atoms with Gasteiger partial charge < -0.3 is 9.47 Å². The molecule has 0 atom stereocenters. The van der Waals surface area contributed by atoms with E-state index in [1.165, 1.54) is 18.4 Å². The SMILES string of the molecule is COc1cc(/C=C(\C#N)c2ccccc2)ccc1OC(=O)c1cccs1. The van der Waals surface area contributed by atoms with Gasteiger partial charge in [0.2, 0.25) is 0 Å². The maximum atomic E-state index is 12.1. The van der Waals surface area contributed by atoms with Gasteiger partial charge in [0.05, 0.1) is 18.8 Å². The van der Waals surface area contributed by atoms with E-state index in [4.69, 9.17) is 9.47 Å². The van der Waals surface area contributed by atoms with E-state index in [0.29, 0.717) is 21.9 Å². The number of ether oxygens (including phenoxy) is 2. The molecule has 3 rings (SSSR count). The number of carbonyl (C=O) groups excluding carboxylic acids is 1. The minimum Gasteiger partial charge on any atom is -0.493 e. The Morgan fingerprint density at radius 1 is 1.08 bits per heavy atom. The fraction of sp³-hybridized carbons (Fsp3) is 0.0476. The molecule has 0 unspecified atom stereocenters. The highest BCUT2D eigenvalue weighted by Crippen LogP contribution is 2.30. The van der Waals surface area contributed by atoms with Crippen molar-refractivity contribution in [2.24, 2.45) is 0 Å². The second kappa shape index (κ2) is 8.15. The van der Waals surface area contributed by atoms with Crippen molar-refractivity contribution >= 4 is 29.0 Å². The van der Waals surface area contributed by atoms with Crippen LogP contribution in [0.4, 0.5) is 0 Å². The molecule has 0 spiro atoms. The number of hydrogen-bond donors (Lipinski definition) is 0. The number of carbonyl (C=O) groups is 1. The maximum absolute atomic E-state index is 12.1. The molecule has 0 aliphatic carbocycles. The van der Waals surface area contributed by atoms with Gasteiger partial charge >= 0.3 is 5.97 Å². The van der Waals surface area contributed by atoms with Crippen LogP contribution < -0.4 is 9.47 Å². The maximum Gasteiger partial charge on any atom is 0.353 e. The molecule has 0 aliphatic rings. The molecule has 1 aromatic heterocycles. The Kier molecular flexibility index (Phi) is 5.47. The van der Waals surface area contributed by atoms with E-state index in [0.717, 1.165) is 11.1 Å². The van der Waals surface area contributed by atoms with Crippen molar-refractivity contribution in [3.05, 3.63) is 82.0 Å². The van der Waals surface area contributed by atoms with Crippen LogP contribution >= 0.6 is 11.3 Å². The molecule has 128 valence electrons. The van der Waals surface area contributed by atoms with Gasteiger partial charge in [-0.1, -0.05) is 42.5 Å². The van der Waals surface area contributed by atoms with Crippen molar-refractivity contribution in [1.82, 2.24) is 0 Å². The minimum absolute atomic E-state index is 0.335. The summed E-state index contributed by atoms with van der Waals surface area (Å²) in [5.41, 5.74) is 2.15. The van der Waals surface area contributed by atoms with Gasteiger partial charge in [0.1, 0.15) is 4.88 Å². The lowest BCUT2D eigenvalue weighted by atomic mass is 10.0. The van der Waals surface area contributed by atoms with E-state index < -0.39 is 5.97 Å². The number of methoxy groups -OCH3 is 1. The van der Waals surface area contributed by atoms with Gasteiger partial charge in [0, 0.05) is 0 Å². The molecule has 5 heteroatoms. The van der Waals surface area contributed by atoms with Gasteiger partial charge in [0.25, 0.3) is 0 Å². The summed E-state index contributed by atoms with van der Waals surface area (Å²) in [6.45, 7) is 0. The molecule has 4 nitrogen and oxygen atoms in total. The summed E-state index contributed by atoms with van der Waals surface area (Å²) in [7, 11) is 1.51. The van der Waals surface area contributed by atoms with E-state index in [2.05, 4.69) is 6.07 Å². The largest absolute Gasteiger partial charge is 0.493 e. The number of rotatable bonds is 5. The predicted molar refractivity (Wildman–Crippen MR) is 102 cm³/mol. The van der Waals surface area contributed by atoms with Crippen LogP contribution in [0.3, 0.4) is 0 Å². The molecule has 1 heterocycles. The Balaban J connectivity index is 1.88. The zero-order valence-corrected chi connectivity index (χ0v) is 14.8. The van der Waals surface area contributed by atoms with Gasteiger partial charge in [-0.25, -0.2) is 4.79 Å². The summed E-state index contributed by atoms with van der Waals surface area (Å²) in [5, 5.41) is 11.2. The van der Waals surface area contributed by atoms with Crippen molar-refractivity contribution in [3.63, 3.8) is 0 Å². The quantitative estimate of drug-likeness (QED) is 0.276. The van der Waals surface area contributed by atoms with Crippen LogP contribution in [0.2, 0.25) is 0 Å². The Morgan fingerprint density at radius 3 is 2.54 bits per heavy atom. The smallest absolute Gasteiger partial charge is 0.353 e.